The average Bonchev–Trinajstić information content (AvgIpc) is 2.46. The van der Waals surface area contributed by atoms with Crippen LogP contribution in [0.2, 0.25) is 0 Å². The Morgan fingerprint density at radius 2 is 1.80 bits per heavy atom. The predicted molar refractivity (Wildman–Crippen MR) is 82.3 cm³/mol. The number of hydrogen-bond donors (Lipinski definition) is 2. The van der Waals surface area contributed by atoms with Crippen molar-refractivity contribution in [3.05, 3.63) is 24.3 Å². The third-order valence-corrected chi connectivity index (χ3v) is 5.72. The molecule has 1 aliphatic rings. The maximum absolute atomic E-state index is 12.2. The number of anilines is 1. The molecule has 0 radical (unpaired) electrons. The highest BCUT2D eigenvalue weighted by atomic mass is 32.2. The van der Waals surface area contributed by atoms with Crippen LogP contribution in [0.15, 0.2) is 29.2 Å². The molecule has 2 unspecified atom stereocenters. The molecule has 0 bridgehead atoms. The van der Waals surface area contributed by atoms with Crippen LogP contribution in [0.5, 0.6) is 0 Å². The molecule has 2 N–H and O–H groups in total. The maximum Gasteiger partial charge on any atom is 0.240 e. The first-order valence-corrected chi connectivity index (χ1v) is 8.79. The van der Waals surface area contributed by atoms with Gasteiger partial charge in [-0.25, -0.2) is 13.1 Å². The molecular weight excluding hydrogens is 272 g/mol. The number of sulfonamides is 1. The molecule has 0 heterocycles. The van der Waals surface area contributed by atoms with Gasteiger partial charge in [-0.15, -0.1) is 0 Å². The van der Waals surface area contributed by atoms with Crippen molar-refractivity contribution in [1.29, 1.82) is 0 Å². The maximum atomic E-state index is 12.2. The lowest BCUT2D eigenvalue weighted by atomic mass is 9.81. The van der Waals surface area contributed by atoms with Gasteiger partial charge in [-0.2, -0.15) is 0 Å². The Labute approximate surface area is 122 Å². The summed E-state index contributed by atoms with van der Waals surface area (Å²) in [5, 5.41) is 2.98. The highest BCUT2D eigenvalue weighted by molar-refractivity contribution is 7.89. The quantitative estimate of drug-likeness (QED) is 0.878. The standard InChI is InChI=1S/C15H24N2O2S/c1-12-5-3-4-6-13(12)11-17-20(18,19)15-9-7-14(16-2)8-10-15/h7-10,12-13,16-17H,3-6,11H2,1-2H3. The normalized spacial score (nSPS) is 23.5. The van der Waals surface area contributed by atoms with Crippen LogP contribution in [0.1, 0.15) is 32.6 Å². The van der Waals surface area contributed by atoms with Gasteiger partial charge in [-0.1, -0.05) is 26.2 Å². The molecule has 0 amide bonds. The summed E-state index contributed by atoms with van der Waals surface area (Å²) in [7, 11) is -1.57. The van der Waals surface area contributed by atoms with Gasteiger partial charge in [0.25, 0.3) is 0 Å². The van der Waals surface area contributed by atoms with Crippen LogP contribution in [0, 0.1) is 11.8 Å². The molecule has 1 aromatic carbocycles. The van der Waals surface area contributed by atoms with Gasteiger partial charge in [0.05, 0.1) is 4.90 Å². The lowest BCUT2D eigenvalue weighted by Crippen LogP contribution is -2.33. The molecule has 0 saturated heterocycles. The highest BCUT2D eigenvalue weighted by Crippen LogP contribution is 2.29. The molecule has 0 spiro atoms. The molecule has 1 aliphatic carbocycles. The zero-order chi connectivity index (χ0) is 14.6. The number of rotatable bonds is 5. The highest BCUT2D eigenvalue weighted by Gasteiger charge is 2.23. The molecule has 2 rings (SSSR count). The second kappa shape index (κ2) is 6.59. The smallest absolute Gasteiger partial charge is 0.240 e. The van der Waals surface area contributed by atoms with E-state index in [1.807, 2.05) is 7.05 Å². The fourth-order valence-electron chi connectivity index (χ4n) is 2.80. The van der Waals surface area contributed by atoms with Crippen LogP contribution in [-0.2, 0) is 10.0 Å². The zero-order valence-corrected chi connectivity index (χ0v) is 13.0. The van der Waals surface area contributed by atoms with E-state index in [0.717, 1.165) is 12.1 Å². The molecule has 1 saturated carbocycles. The van der Waals surface area contributed by atoms with E-state index < -0.39 is 10.0 Å². The monoisotopic (exact) mass is 296 g/mol. The number of hydrogen-bond acceptors (Lipinski definition) is 3. The Morgan fingerprint density at radius 3 is 2.40 bits per heavy atom. The molecular formula is C15H24N2O2S. The molecule has 0 aromatic heterocycles. The van der Waals surface area contributed by atoms with Crippen molar-refractivity contribution in [2.75, 3.05) is 18.9 Å². The second-order valence-corrected chi connectivity index (χ2v) is 7.42. The van der Waals surface area contributed by atoms with Crippen LogP contribution < -0.4 is 10.0 Å². The third kappa shape index (κ3) is 3.73. The second-order valence-electron chi connectivity index (χ2n) is 5.65. The molecule has 5 heteroatoms. The van der Waals surface area contributed by atoms with E-state index in [-0.39, 0.29) is 0 Å². The minimum atomic E-state index is -3.39. The fourth-order valence-corrected chi connectivity index (χ4v) is 3.89. The summed E-state index contributed by atoms with van der Waals surface area (Å²) in [5.41, 5.74) is 0.907. The van der Waals surface area contributed by atoms with Crippen molar-refractivity contribution in [2.24, 2.45) is 11.8 Å². The minimum absolute atomic E-state index is 0.333. The van der Waals surface area contributed by atoms with Gasteiger partial charge in [0.2, 0.25) is 10.0 Å². The van der Waals surface area contributed by atoms with E-state index in [9.17, 15) is 8.42 Å². The molecule has 2 atom stereocenters. The Bertz CT molecular complexity index is 525. The van der Waals surface area contributed by atoms with E-state index in [4.69, 9.17) is 0 Å². The first-order valence-electron chi connectivity index (χ1n) is 7.30. The molecule has 112 valence electrons. The van der Waals surface area contributed by atoms with Crippen LogP contribution >= 0.6 is 0 Å². The van der Waals surface area contributed by atoms with Crippen LogP contribution in [0.25, 0.3) is 0 Å². The summed E-state index contributed by atoms with van der Waals surface area (Å²) in [6.45, 7) is 2.77. The van der Waals surface area contributed by atoms with Gasteiger partial charge in [0, 0.05) is 19.3 Å². The summed E-state index contributed by atoms with van der Waals surface area (Å²) in [6, 6.07) is 6.83. The van der Waals surface area contributed by atoms with Gasteiger partial charge in [0.1, 0.15) is 0 Å². The van der Waals surface area contributed by atoms with Crippen molar-refractivity contribution in [2.45, 2.75) is 37.5 Å². The first-order chi connectivity index (χ1) is 9.53. The SMILES string of the molecule is CNc1ccc(S(=O)(=O)NCC2CCCCC2C)cc1. The van der Waals surface area contributed by atoms with E-state index in [2.05, 4.69) is 17.0 Å². The van der Waals surface area contributed by atoms with Crippen LogP contribution in [-0.4, -0.2) is 22.0 Å². The summed E-state index contributed by atoms with van der Waals surface area (Å²) < 4.78 is 27.3. The van der Waals surface area contributed by atoms with Crippen molar-refractivity contribution >= 4 is 15.7 Å². The van der Waals surface area contributed by atoms with Gasteiger partial charge in [0.15, 0.2) is 0 Å². The minimum Gasteiger partial charge on any atom is -0.388 e. The Hall–Kier alpha value is -1.07. The van der Waals surface area contributed by atoms with E-state index in [0.29, 0.717) is 23.3 Å². The lowest BCUT2D eigenvalue weighted by molar-refractivity contribution is 0.257. The van der Waals surface area contributed by atoms with E-state index in [1.54, 1.807) is 24.3 Å². The van der Waals surface area contributed by atoms with Crippen LogP contribution in [0.4, 0.5) is 5.69 Å². The zero-order valence-electron chi connectivity index (χ0n) is 12.2. The van der Waals surface area contributed by atoms with Gasteiger partial charge < -0.3 is 5.32 Å². The van der Waals surface area contributed by atoms with Crippen molar-refractivity contribution in [3.8, 4) is 0 Å². The molecule has 0 aliphatic heterocycles. The van der Waals surface area contributed by atoms with E-state index in [1.165, 1.54) is 19.3 Å². The van der Waals surface area contributed by atoms with Crippen molar-refractivity contribution in [1.82, 2.24) is 4.72 Å². The topological polar surface area (TPSA) is 58.2 Å². The Morgan fingerprint density at radius 1 is 1.15 bits per heavy atom. The third-order valence-electron chi connectivity index (χ3n) is 4.28. The lowest BCUT2D eigenvalue weighted by Gasteiger charge is -2.28. The molecule has 1 fully saturated rings. The summed E-state index contributed by atoms with van der Waals surface area (Å²) >= 11 is 0. The number of benzene rings is 1. The number of nitrogens with one attached hydrogen (secondary N) is 2. The molecule has 1 aromatic rings. The van der Waals surface area contributed by atoms with Crippen molar-refractivity contribution < 1.29 is 8.42 Å². The molecule has 4 nitrogen and oxygen atoms in total. The van der Waals surface area contributed by atoms with E-state index >= 15 is 0 Å². The fraction of sp³-hybridized carbons (Fsp3) is 0.600. The Balaban J connectivity index is 1.99. The first kappa shape index (κ1) is 15.3. The van der Waals surface area contributed by atoms with Crippen molar-refractivity contribution in [3.63, 3.8) is 0 Å². The summed E-state index contributed by atoms with van der Waals surface area (Å²) in [6.07, 6.45) is 4.83. The largest absolute Gasteiger partial charge is 0.388 e. The van der Waals surface area contributed by atoms with Gasteiger partial charge >= 0.3 is 0 Å². The predicted octanol–water partition coefficient (Wildman–Crippen LogP) is 2.83. The summed E-state index contributed by atoms with van der Waals surface area (Å²) in [5.74, 6) is 1.08. The van der Waals surface area contributed by atoms with Crippen LogP contribution in [0.3, 0.4) is 0 Å². The molecule has 20 heavy (non-hydrogen) atoms. The Kier molecular flexibility index (Phi) is 5.05. The summed E-state index contributed by atoms with van der Waals surface area (Å²) in [4.78, 5) is 0.333. The van der Waals surface area contributed by atoms with Gasteiger partial charge in [-0.3, -0.25) is 0 Å². The van der Waals surface area contributed by atoms with Gasteiger partial charge in [-0.05, 0) is 42.5 Å². The average molecular weight is 296 g/mol.